The minimum absolute atomic E-state index is 0.614. The molecule has 0 aliphatic carbocycles. The first kappa shape index (κ1) is 17.2. The highest BCUT2D eigenvalue weighted by molar-refractivity contribution is 5.79. The van der Waals surface area contributed by atoms with E-state index in [9.17, 15) is 0 Å². The summed E-state index contributed by atoms with van der Waals surface area (Å²) >= 11 is 0. The van der Waals surface area contributed by atoms with Crippen LogP contribution in [0.2, 0.25) is 0 Å². The van der Waals surface area contributed by atoms with Gasteiger partial charge in [-0.1, -0.05) is 13.3 Å². The maximum Gasteiger partial charge on any atom is 0.191 e. The molecule has 0 radical (unpaired) electrons. The smallest absolute Gasteiger partial charge is 0.191 e. The average Bonchev–Trinajstić information content (AvgIpc) is 2.49. The Hall–Kier alpha value is -0.810. The SMILES string of the molecule is CCNC(=NCC1CCCCN1CC)NCCCOC. The summed E-state index contributed by atoms with van der Waals surface area (Å²) < 4.78 is 5.06. The lowest BCUT2D eigenvalue weighted by Gasteiger charge is -2.33. The highest BCUT2D eigenvalue weighted by Gasteiger charge is 2.20. The summed E-state index contributed by atoms with van der Waals surface area (Å²) in [6.45, 7) is 10.2. The molecule has 1 saturated heterocycles. The molecule has 0 amide bonds. The van der Waals surface area contributed by atoms with Gasteiger partial charge in [-0.15, -0.1) is 0 Å². The van der Waals surface area contributed by atoms with Crippen molar-refractivity contribution in [1.82, 2.24) is 15.5 Å². The predicted octanol–water partition coefficient (Wildman–Crippen LogP) is 1.45. The van der Waals surface area contributed by atoms with Crippen LogP contribution in [-0.4, -0.2) is 63.3 Å². The van der Waals surface area contributed by atoms with Crippen molar-refractivity contribution in [2.24, 2.45) is 4.99 Å². The number of nitrogens with one attached hydrogen (secondary N) is 2. The van der Waals surface area contributed by atoms with E-state index in [2.05, 4.69) is 29.4 Å². The van der Waals surface area contributed by atoms with Gasteiger partial charge in [-0.05, 0) is 39.3 Å². The van der Waals surface area contributed by atoms with Crippen molar-refractivity contribution in [3.63, 3.8) is 0 Å². The van der Waals surface area contributed by atoms with Gasteiger partial charge in [0, 0.05) is 32.8 Å². The van der Waals surface area contributed by atoms with Gasteiger partial charge in [0.05, 0.1) is 6.54 Å². The van der Waals surface area contributed by atoms with Crippen LogP contribution in [-0.2, 0) is 4.74 Å². The van der Waals surface area contributed by atoms with Crippen LogP contribution in [0.1, 0.15) is 39.5 Å². The lowest BCUT2D eigenvalue weighted by molar-refractivity contribution is 0.161. The molecule has 0 aromatic heterocycles. The molecule has 1 aliphatic heterocycles. The molecule has 2 N–H and O–H groups in total. The van der Waals surface area contributed by atoms with Crippen molar-refractivity contribution in [2.45, 2.75) is 45.6 Å². The Morgan fingerprint density at radius 1 is 1.30 bits per heavy atom. The summed E-state index contributed by atoms with van der Waals surface area (Å²) in [5, 5.41) is 6.68. The lowest BCUT2D eigenvalue weighted by atomic mass is 10.0. The molecule has 20 heavy (non-hydrogen) atoms. The molecule has 5 heteroatoms. The van der Waals surface area contributed by atoms with Gasteiger partial charge in [0.15, 0.2) is 5.96 Å². The average molecular weight is 284 g/mol. The molecular weight excluding hydrogens is 252 g/mol. The van der Waals surface area contributed by atoms with Crippen molar-refractivity contribution in [3.8, 4) is 0 Å². The predicted molar refractivity (Wildman–Crippen MR) is 85.4 cm³/mol. The molecule has 1 atom stereocenters. The van der Waals surface area contributed by atoms with E-state index < -0.39 is 0 Å². The fourth-order valence-corrected chi connectivity index (χ4v) is 2.64. The van der Waals surface area contributed by atoms with Gasteiger partial charge in [-0.2, -0.15) is 0 Å². The second-order valence-corrected chi connectivity index (χ2v) is 5.27. The van der Waals surface area contributed by atoms with Crippen molar-refractivity contribution in [3.05, 3.63) is 0 Å². The van der Waals surface area contributed by atoms with Gasteiger partial charge >= 0.3 is 0 Å². The van der Waals surface area contributed by atoms with E-state index in [1.54, 1.807) is 7.11 Å². The van der Waals surface area contributed by atoms with E-state index in [0.717, 1.165) is 45.2 Å². The zero-order chi connectivity index (χ0) is 14.6. The first-order chi connectivity index (χ1) is 9.81. The fraction of sp³-hybridized carbons (Fsp3) is 0.933. The van der Waals surface area contributed by atoms with Crippen molar-refractivity contribution < 1.29 is 4.74 Å². The number of piperidine rings is 1. The summed E-state index contributed by atoms with van der Waals surface area (Å²) in [4.78, 5) is 7.30. The Kier molecular flexibility index (Phi) is 9.41. The van der Waals surface area contributed by atoms with Crippen LogP contribution in [0.15, 0.2) is 4.99 Å². The number of hydrogen-bond donors (Lipinski definition) is 2. The van der Waals surface area contributed by atoms with E-state index in [4.69, 9.17) is 9.73 Å². The Balaban J connectivity index is 2.39. The van der Waals surface area contributed by atoms with Crippen molar-refractivity contribution in [2.75, 3.05) is 46.4 Å². The van der Waals surface area contributed by atoms with E-state index >= 15 is 0 Å². The zero-order valence-corrected chi connectivity index (χ0v) is 13.5. The van der Waals surface area contributed by atoms with E-state index in [-0.39, 0.29) is 0 Å². The molecule has 1 unspecified atom stereocenters. The molecule has 5 nitrogen and oxygen atoms in total. The molecule has 1 aliphatic rings. The van der Waals surface area contributed by atoms with Crippen molar-refractivity contribution >= 4 is 5.96 Å². The number of likely N-dealkylation sites (N-methyl/N-ethyl adjacent to an activating group) is 1. The minimum Gasteiger partial charge on any atom is -0.385 e. The largest absolute Gasteiger partial charge is 0.385 e. The Morgan fingerprint density at radius 2 is 2.15 bits per heavy atom. The van der Waals surface area contributed by atoms with Crippen LogP contribution in [0, 0.1) is 0 Å². The summed E-state index contributed by atoms with van der Waals surface area (Å²) in [5.41, 5.74) is 0. The number of rotatable bonds is 8. The quantitative estimate of drug-likeness (QED) is 0.402. The molecule has 0 bridgehead atoms. The van der Waals surface area contributed by atoms with Gasteiger partial charge in [0.2, 0.25) is 0 Å². The molecule has 1 rings (SSSR count). The highest BCUT2D eigenvalue weighted by Crippen LogP contribution is 2.16. The topological polar surface area (TPSA) is 48.9 Å². The Bertz CT molecular complexity index is 271. The van der Waals surface area contributed by atoms with Gasteiger partial charge in [-0.25, -0.2) is 0 Å². The summed E-state index contributed by atoms with van der Waals surface area (Å²) in [6.07, 6.45) is 4.96. The normalized spacial score (nSPS) is 20.9. The molecular formula is C15H32N4O. The molecule has 0 aromatic carbocycles. The van der Waals surface area contributed by atoms with Gasteiger partial charge in [-0.3, -0.25) is 9.89 Å². The van der Waals surface area contributed by atoms with Gasteiger partial charge in [0.25, 0.3) is 0 Å². The number of hydrogen-bond acceptors (Lipinski definition) is 3. The molecule has 0 spiro atoms. The standard InChI is InChI=1S/C15H32N4O/c1-4-16-15(17-10-8-12-20-3)18-13-14-9-6-7-11-19(14)5-2/h14H,4-13H2,1-3H3,(H2,16,17,18). The first-order valence-corrected chi connectivity index (χ1v) is 8.07. The maximum absolute atomic E-state index is 5.06. The molecule has 0 saturated carbocycles. The number of methoxy groups -OCH3 is 1. The summed E-state index contributed by atoms with van der Waals surface area (Å²) in [7, 11) is 1.74. The third kappa shape index (κ3) is 6.57. The van der Waals surface area contributed by atoms with Crippen LogP contribution in [0.25, 0.3) is 0 Å². The van der Waals surface area contributed by atoms with Gasteiger partial charge < -0.3 is 15.4 Å². The number of likely N-dealkylation sites (tertiary alicyclic amines) is 1. The fourth-order valence-electron chi connectivity index (χ4n) is 2.64. The van der Waals surface area contributed by atoms with Crippen LogP contribution < -0.4 is 10.6 Å². The van der Waals surface area contributed by atoms with Crippen molar-refractivity contribution in [1.29, 1.82) is 0 Å². The summed E-state index contributed by atoms with van der Waals surface area (Å²) in [5.74, 6) is 0.935. The van der Waals surface area contributed by atoms with Crippen LogP contribution in [0.5, 0.6) is 0 Å². The molecule has 0 aromatic rings. The minimum atomic E-state index is 0.614. The van der Waals surface area contributed by atoms with E-state index in [1.807, 2.05) is 0 Å². The van der Waals surface area contributed by atoms with Crippen LogP contribution in [0.4, 0.5) is 0 Å². The third-order valence-corrected chi connectivity index (χ3v) is 3.78. The Morgan fingerprint density at radius 3 is 2.85 bits per heavy atom. The van der Waals surface area contributed by atoms with Crippen LogP contribution >= 0.6 is 0 Å². The highest BCUT2D eigenvalue weighted by atomic mass is 16.5. The monoisotopic (exact) mass is 284 g/mol. The Labute approximate surface area is 124 Å². The molecule has 1 heterocycles. The van der Waals surface area contributed by atoms with Gasteiger partial charge in [0.1, 0.15) is 0 Å². The number of aliphatic imine (C=N–C) groups is 1. The number of guanidine groups is 1. The summed E-state index contributed by atoms with van der Waals surface area (Å²) in [6, 6.07) is 0.614. The number of ether oxygens (including phenoxy) is 1. The lowest BCUT2D eigenvalue weighted by Crippen LogP contribution is -2.43. The molecule has 118 valence electrons. The number of nitrogens with zero attached hydrogens (tertiary/aromatic N) is 2. The maximum atomic E-state index is 5.06. The first-order valence-electron chi connectivity index (χ1n) is 8.07. The van der Waals surface area contributed by atoms with E-state index in [0.29, 0.717) is 6.04 Å². The second kappa shape index (κ2) is 10.9. The second-order valence-electron chi connectivity index (χ2n) is 5.27. The van der Waals surface area contributed by atoms with Crippen LogP contribution in [0.3, 0.4) is 0 Å². The molecule has 1 fully saturated rings. The third-order valence-electron chi connectivity index (χ3n) is 3.78. The zero-order valence-electron chi connectivity index (χ0n) is 13.5. The van der Waals surface area contributed by atoms with E-state index in [1.165, 1.54) is 25.8 Å².